The third-order valence-electron chi connectivity index (χ3n) is 2.75. The Kier molecular flexibility index (Phi) is 4.79. The van der Waals surface area contributed by atoms with Crippen LogP contribution in [-0.4, -0.2) is 16.1 Å². The smallest absolute Gasteiger partial charge is 0.0690 e. The van der Waals surface area contributed by atoms with Gasteiger partial charge in [-0.1, -0.05) is 80.4 Å². The first-order chi connectivity index (χ1) is 8.07. The van der Waals surface area contributed by atoms with Crippen LogP contribution in [0.3, 0.4) is 0 Å². The van der Waals surface area contributed by atoms with Crippen molar-refractivity contribution in [3.8, 4) is 0 Å². The largest absolute Gasteiger partial charge is 0.0916 e. The Morgan fingerprint density at radius 3 is 1.83 bits per heavy atom. The van der Waals surface area contributed by atoms with Gasteiger partial charge < -0.3 is 0 Å². The zero-order chi connectivity index (χ0) is 14.0. The summed E-state index contributed by atoms with van der Waals surface area (Å²) in [6.07, 6.45) is 0. The van der Waals surface area contributed by atoms with Gasteiger partial charge in [-0.15, -0.1) is 0 Å². The van der Waals surface area contributed by atoms with Crippen molar-refractivity contribution in [1.29, 1.82) is 0 Å². The molecular weight excluding hydrogens is 248 g/mol. The Labute approximate surface area is 115 Å². The fraction of sp³-hybridized carbons (Fsp3) is 0.500. The van der Waals surface area contributed by atoms with Gasteiger partial charge in [0.15, 0.2) is 0 Å². The maximum Gasteiger partial charge on any atom is 0.0690 e. The van der Waals surface area contributed by atoms with E-state index in [1.807, 2.05) is 0 Å². The van der Waals surface area contributed by atoms with Crippen LogP contribution < -0.4 is 0 Å². The quantitative estimate of drug-likeness (QED) is 0.628. The van der Waals surface area contributed by atoms with E-state index >= 15 is 0 Å². The molecule has 0 saturated heterocycles. The average molecular weight is 277 g/mol. The second-order valence-corrected chi connectivity index (χ2v) is 18.1. The van der Waals surface area contributed by atoms with Gasteiger partial charge in [-0.25, -0.2) is 0 Å². The third kappa shape index (κ3) is 5.83. The van der Waals surface area contributed by atoms with E-state index in [4.69, 9.17) is 0 Å². The maximum absolute atomic E-state index is 2.59. The van der Waals surface area contributed by atoms with Gasteiger partial charge in [-0.05, 0) is 18.5 Å². The lowest BCUT2D eigenvalue weighted by molar-refractivity contribution is 1.42. The molecule has 100 valence electrons. The van der Waals surface area contributed by atoms with Crippen molar-refractivity contribution in [3.63, 3.8) is 0 Å². The van der Waals surface area contributed by atoms with Crippen LogP contribution in [0.25, 0.3) is 5.57 Å². The highest BCUT2D eigenvalue weighted by atomic mass is 28.3. The molecule has 0 nitrogen and oxygen atoms in total. The van der Waals surface area contributed by atoms with E-state index in [-0.39, 0.29) is 0 Å². The summed E-state index contributed by atoms with van der Waals surface area (Å²) in [6.45, 7) is 16.8. The zero-order valence-electron chi connectivity index (χ0n) is 13.1. The molecule has 0 aliphatic carbocycles. The number of allylic oxidation sites excluding steroid dienone is 1. The fourth-order valence-corrected chi connectivity index (χ4v) is 5.07. The summed E-state index contributed by atoms with van der Waals surface area (Å²) in [7, 11) is -2.22. The SMILES string of the molecule is Cc1ccc(/C(=C/[Si](C)(C)C)C[Si](C)(C)C)cc1. The standard InChI is InChI=1S/C16H28Si2/c1-14-8-10-15(11-9-14)16(12-17(2,3)4)13-18(5,6)7/h8-12H,13H2,1-7H3/b16-12+. The summed E-state index contributed by atoms with van der Waals surface area (Å²) in [5, 5.41) is 0. The Morgan fingerprint density at radius 1 is 0.944 bits per heavy atom. The molecule has 2 heteroatoms. The molecule has 1 aromatic carbocycles. The third-order valence-corrected chi connectivity index (χ3v) is 5.41. The first-order valence-corrected chi connectivity index (χ1v) is 14.1. The highest BCUT2D eigenvalue weighted by Crippen LogP contribution is 2.27. The second-order valence-electron chi connectivity index (χ2n) is 7.64. The number of hydrogen-bond acceptors (Lipinski definition) is 0. The second kappa shape index (κ2) is 5.58. The first-order valence-electron chi connectivity index (χ1n) is 6.86. The van der Waals surface area contributed by atoms with Gasteiger partial charge in [0.2, 0.25) is 0 Å². The molecule has 0 fully saturated rings. The summed E-state index contributed by atoms with van der Waals surface area (Å²) >= 11 is 0. The average Bonchev–Trinajstić information content (AvgIpc) is 2.13. The zero-order valence-corrected chi connectivity index (χ0v) is 15.1. The number of rotatable bonds is 4. The van der Waals surface area contributed by atoms with Crippen LogP contribution in [0.4, 0.5) is 0 Å². The highest BCUT2D eigenvalue weighted by Gasteiger charge is 2.19. The summed E-state index contributed by atoms with van der Waals surface area (Å²) < 4.78 is 0. The van der Waals surface area contributed by atoms with Crippen LogP contribution in [0.15, 0.2) is 30.0 Å². The molecule has 1 rings (SSSR count). The molecule has 0 bridgehead atoms. The lowest BCUT2D eigenvalue weighted by Crippen LogP contribution is -2.22. The number of aryl methyl sites for hydroxylation is 1. The predicted molar refractivity (Wildman–Crippen MR) is 90.7 cm³/mol. The molecule has 0 aliphatic rings. The molecule has 0 saturated carbocycles. The molecular formula is C16H28Si2. The Balaban J connectivity index is 3.13. The van der Waals surface area contributed by atoms with Crippen molar-refractivity contribution in [1.82, 2.24) is 0 Å². The van der Waals surface area contributed by atoms with Crippen molar-refractivity contribution in [2.75, 3.05) is 0 Å². The van der Waals surface area contributed by atoms with Crippen LogP contribution >= 0.6 is 0 Å². The lowest BCUT2D eigenvalue weighted by atomic mass is 10.1. The van der Waals surface area contributed by atoms with Crippen molar-refractivity contribution in [2.24, 2.45) is 0 Å². The van der Waals surface area contributed by atoms with E-state index in [1.165, 1.54) is 17.2 Å². The molecule has 0 aromatic heterocycles. The molecule has 0 unspecified atom stereocenters. The van der Waals surface area contributed by atoms with Crippen molar-refractivity contribution in [3.05, 3.63) is 41.1 Å². The van der Waals surface area contributed by atoms with Gasteiger partial charge in [-0.2, -0.15) is 0 Å². The van der Waals surface area contributed by atoms with Gasteiger partial charge >= 0.3 is 0 Å². The van der Waals surface area contributed by atoms with Gasteiger partial charge in [0, 0.05) is 8.07 Å². The summed E-state index contributed by atoms with van der Waals surface area (Å²) in [5.41, 5.74) is 6.97. The van der Waals surface area contributed by atoms with E-state index in [1.54, 1.807) is 5.57 Å². The molecule has 0 heterocycles. The molecule has 0 spiro atoms. The Bertz CT molecular complexity index is 414. The van der Waals surface area contributed by atoms with Gasteiger partial charge in [0.25, 0.3) is 0 Å². The van der Waals surface area contributed by atoms with E-state index in [0.717, 1.165) is 0 Å². The Morgan fingerprint density at radius 2 is 1.44 bits per heavy atom. The minimum Gasteiger partial charge on any atom is -0.0916 e. The molecule has 0 N–H and O–H groups in total. The molecule has 1 aromatic rings. The van der Waals surface area contributed by atoms with Crippen LogP contribution in [0.5, 0.6) is 0 Å². The molecule has 0 amide bonds. The molecule has 0 atom stereocenters. The van der Waals surface area contributed by atoms with E-state index in [0.29, 0.717) is 0 Å². The predicted octanol–water partition coefficient (Wildman–Crippen LogP) is 5.59. The lowest BCUT2D eigenvalue weighted by Gasteiger charge is -2.22. The van der Waals surface area contributed by atoms with Crippen LogP contribution in [0.2, 0.25) is 45.3 Å². The summed E-state index contributed by atoms with van der Waals surface area (Å²) in [5.74, 6) is 0. The van der Waals surface area contributed by atoms with Gasteiger partial charge in [0.1, 0.15) is 0 Å². The van der Waals surface area contributed by atoms with Crippen molar-refractivity contribution < 1.29 is 0 Å². The van der Waals surface area contributed by atoms with Crippen molar-refractivity contribution >= 4 is 21.7 Å². The first kappa shape index (κ1) is 15.5. The Hall–Kier alpha value is -0.606. The van der Waals surface area contributed by atoms with Crippen LogP contribution in [0, 0.1) is 6.92 Å². The maximum atomic E-state index is 2.59. The summed E-state index contributed by atoms with van der Waals surface area (Å²) in [6, 6.07) is 10.3. The monoisotopic (exact) mass is 276 g/mol. The van der Waals surface area contributed by atoms with Gasteiger partial charge in [-0.3, -0.25) is 0 Å². The van der Waals surface area contributed by atoms with Gasteiger partial charge in [0.05, 0.1) is 8.07 Å². The summed E-state index contributed by atoms with van der Waals surface area (Å²) in [4.78, 5) is 0. The van der Waals surface area contributed by atoms with Crippen LogP contribution in [0.1, 0.15) is 11.1 Å². The number of benzene rings is 1. The van der Waals surface area contributed by atoms with E-state index in [2.05, 4.69) is 76.2 Å². The topological polar surface area (TPSA) is 0 Å². The highest BCUT2D eigenvalue weighted by molar-refractivity contribution is 6.83. The van der Waals surface area contributed by atoms with E-state index < -0.39 is 16.1 Å². The minimum absolute atomic E-state index is 1.06. The fourth-order valence-electron chi connectivity index (χ4n) is 2.10. The van der Waals surface area contributed by atoms with Crippen LogP contribution in [-0.2, 0) is 0 Å². The van der Waals surface area contributed by atoms with Crippen molar-refractivity contribution in [2.45, 2.75) is 52.2 Å². The number of hydrogen-bond donors (Lipinski definition) is 0. The minimum atomic E-state index is -1.16. The van der Waals surface area contributed by atoms with E-state index in [9.17, 15) is 0 Å². The molecule has 0 radical (unpaired) electrons. The normalized spacial score (nSPS) is 13.8. The molecule has 0 aliphatic heterocycles. The molecule has 18 heavy (non-hydrogen) atoms.